The molecule has 0 atom stereocenters. The molecular weight excluding hydrogens is 260 g/mol. The van der Waals surface area contributed by atoms with Crippen LogP contribution in [0.5, 0.6) is 0 Å². The number of benzene rings is 2. The highest BCUT2D eigenvalue weighted by atomic mass is 79.9. The maximum absolute atomic E-state index is 5.38. The molecule has 0 N–H and O–H groups in total. The van der Waals surface area contributed by atoms with E-state index in [0.717, 1.165) is 4.47 Å². The molecule has 0 radical (unpaired) electrons. The summed E-state index contributed by atoms with van der Waals surface area (Å²) in [6.45, 7) is 0. The molecule has 0 amide bonds. The molecular formula is C15H11Br. The monoisotopic (exact) mass is 270 g/mol. The molecule has 0 aliphatic carbocycles. The van der Waals surface area contributed by atoms with Gasteiger partial charge >= 0.3 is 0 Å². The summed E-state index contributed by atoms with van der Waals surface area (Å²) < 4.78 is 1.10. The molecule has 0 saturated heterocycles. The molecule has 2 rings (SSSR count). The van der Waals surface area contributed by atoms with Gasteiger partial charge in [-0.05, 0) is 22.8 Å². The Kier molecular flexibility index (Phi) is 3.44. The lowest BCUT2D eigenvalue weighted by Gasteiger charge is -2.09. The molecule has 0 fully saturated rings. The van der Waals surface area contributed by atoms with E-state index in [1.807, 2.05) is 30.3 Å². The van der Waals surface area contributed by atoms with Gasteiger partial charge in [-0.25, -0.2) is 0 Å². The van der Waals surface area contributed by atoms with Crippen molar-refractivity contribution >= 4 is 15.9 Å². The second-order valence-electron chi connectivity index (χ2n) is 3.52. The first-order chi connectivity index (χ1) is 7.83. The number of terminal acetylenes is 1. The highest BCUT2D eigenvalue weighted by molar-refractivity contribution is 9.10. The molecule has 16 heavy (non-hydrogen) atoms. The zero-order valence-electron chi connectivity index (χ0n) is 8.78. The maximum Gasteiger partial charge on any atom is 0.0343 e. The minimum Gasteiger partial charge on any atom is -0.120 e. The van der Waals surface area contributed by atoms with E-state index in [0.29, 0.717) is 6.42 Å². The summed E-state index contributed by atoms with van der Waals surface area (Å²) in [7, 11) is 0. The standard InChI is InChI=1S/C15H11Br/c1-2-7-12-8-3-4-9-13(12)14-10-5-6-11-15(14)16/h1,3-6,8-11H,7H2. The van der Waals surface area contributed by atoms with Crippen LogP contribution in [0, 0.1) is 12.3 Å². The molecule has 0 spiro atoms. The Morgan fingerprint density at radius 2 is 1.56 bits per heavy atom. The summed E-state index contributed by atoms with van der Waals surface area (Å²) in [4.78, 5) is 0. The van der Waals surface area contributed by atoms with Gasteiger partial charge in [0.1, 0.15) is 0 Å². The predicted molar refractivity (Wildman–Crippen MR) is 72.1 cm³/mol. The third-order valence-corrected chi connectivity index (χ3v) is 3.17. The van der Waals surface area contributed by atoms with E-state index in [1.165, 1.54) is 16.7 Å². The summed E-state index contributed by atoms with van der Waals surface area (Å²) in [5.41, 5.74) is 3.58. The van der Waals surface area contributed by atoms with Gasteiger partial charge in [-0.1, -0.05) is 58.4 Å². The smallest absolute Gasteiger partial charge is 0.0343 e. The fraction of sp³-hybridized carbons (Fsp3) is 0.0667. The normalized spacial score (nSPS) is 9.75. The van der Waals surface area contributed by atoms with Crippen molar-refractivity contribution < 1.29 is 0 Å². The lowest BCUT2D eigenvalue weighted by Crippen LogP contribution is -1.88. The van der Waals surface area contributed by atoms with E-state index in [9.17, 15) is 0 Å². The first-order valence-electron chi connectivity index (χ1n) is 5.09. The maximum atomic E-state index is 5.38. The molecule has 78 valence electrons. The number of hydrogen-bond donors (Lipinski definition) is 0. The molecule has 2 aromatic rings. The van der Waals surface area contributed by atoms with Gasteiger partial charge in [-0.15, -0.1) is 12.3 Å². The second-order valence-corrected chi connectivity index (χ2v) is 4.37. The van der Waals surface area contributed by atoms with Crippen LogP contribution in [-0.2, 0) is 6.42 Å². The van der Waals surface area contributed by atoms with E-state index >= 15 is 0 Å². The van der Waals surface area contributed by atoms with Crippen LogP contribution in [0.25, 0.3) is 11.1 Å². The van der Waals surface area contributed by atoms with E-state index in [1.54, 1.807) is 0 Å². The number of rotatable bonds is 2. The van der Waals surface area contributed by atoms with Crippen molar-refractivity contribution in [3.8, 4) is 23.5 Å². The molecule has 0 aliphatic heterocycles. The summed E-state index contributed by atoms with van der Waals surface area (Å²) >= 11 is 3.57. The van der Waals surface area contributed by atoms with Gasteiger partial charge in [0.25, 0.3) is 0 Å². The Bertz CT molecular complexity index is 535. The molecule has 1 heteroatoms. The summed E-state index contributed by atoms with van der Waals surface area (Å²) in [6.07, 6.45) is 6.05. The second kappa shape index (κ2) is 5.01. The van der Waals surface area contributed by atoms with Crippen molar-refractivity contribution in [1.29, 1.82) is 0 Å². The lowest BCUT2D eigenvalue weighted by atomic mass is 9.98. The predicted octanol–water partition coefficient (Wildman–Crippen LogP) is 4.29. The quantitative estimate of drug-likeness (QED) is 0.715. The average Bonchev–Trinajstić information content (AvgIpc) is 2.31. The summed E-state index contributed by atoms with van der Waals surface area (Å²) in [5, 5.41) is 0. The lowest BCUT2D eigenvalue weighted by molar-refractivity contribution is 1.32. The third-order valence-electron chi connectivity index (χ3n) is 2.47. The van der Waals surface area contributed by atoms with Crippen LogP contribution >= 0.6 is 15.9 Å². The minimum atomic E-state index is 0.664. The van der Waals surface area contributed by atoms with Gasteiger partial charge in [0, 0.05) is 10.9 Å². The molecule has 0 unspecified atom stereocenters. The van der Waals surface area contributed by atoms with Crippen LogP contribution in [0.15, 0.2) is 53.0 Å². The third kappa shape index (κ3) is 2.18. The first-order valence-corrected chi connectivity index (χ1v) is 5.88. The molecule has 2 aromatic carbocycles. The van der Waals surface area contributed by atoms with Gasteiger partial charge in [0.15, 0.2) is 0 Å². The van der Waals surface area contributed by atoms with Crippen LogP contribution < -0.4 is 0 Å². The average molecular weight is 271 g/mol. The van der Waals surface area contributed by atoms with E-state index in [2.05, 4.69) is 40.0 Å². The van der Waals surface area contributed by atoms with Crippen molar-refractivity contribution in [3.63, 3.8) is 0 Å². The van der Waals surface area contributed by atoms with Crippen LogP contribution in [0.2, 0.25) is 0 Å². The fourth-order valence-electron chi connectivity index (χ4n) is 1.73. The van der Waals surface area contributed by atoms with Crippen molar-refractivity contribution in [2.24, 2.45) is 0 Å². The largest absolute Gasteiger partial charge is 0.120 e. The van der Waals surface area contributed by atoms with Crippen molar-refractivity contribution in [3.05, 3.63) is 58.6 Å². The first kappa shape index (κ1) is 11.0. The van der Waals surface area contributed by atoms with E-state index in [-0.39, 0.29) is 0 Å². The highest BCUT2D eigenvalue weighted by Crippen LogP contribution is 2.30. The van der Waals surface area contributed by atoms with Crippen LogP contribution in [0.3, 0.4) is 0 Å². The molecule has 0 saturated carbocycles. The van der Waals surface area contributed by atoms with Gasteiger partial charge in [-0.3, -0.25) is 0 Å². The zero-order valence-corrected chi connectivity index (χ0v) is 10.4. The van der Waals surface area contributed by atoms with Gasteiger partial charge in [0.2, 0.25) is 0 Å². The molecule has 0 heterocycles. The Labute approximate surface area is 104 Å². The minimum absolute atomic E-state index is 0.664. The highest BCUT2D eigenvalue weighted by Gasteiger charge is 2.05. The Balaban J connectivity index is 2.57. The number of halogens is 1. The summed E-state index contributed by atoms with van der Waals surface area (Å²) in [6, 6.07) is 16.4. The molecule has 0 bridgehead atoms. The Morgan fingerprint density at radius 3 is 2.25 bits per heavy atom. The van der Waals surface area contributed by atoms with Crippen molar-refractivity contribution in [1.82, 2.24) is 0 Å². The van der Waals surface area contributed by atoms with Gasteiger partial charge in [-0.2, -0.15) is 0 Å². The molecule has 0 aliphatic rings. The van der Waals surface area contributed by atoms with Crippen molar-refractivity contribution in [2.45, 2.75) is 6.42 Å². The molecule has 0 nitrogen and oxygen atoms in total. The van der Waals surface area contributed by atoms with Crippen molar-refractivity contribution in [2.75, 3.05) is 0 Å². The topological polar surface area (TPSA) is 0 Å². The van der Waals surface area contributed by atoms with Crippen LogP contribution in [0.1, 0.15) is 5.56 Å². The number of hydrogen-bond acceptors (Lipinski definition) is 0. The van der Waals surface area contributed by atoms with Crippen LogP contribution in [0.4, 0.5) is 0 Å². The summed E-state index contributed by atoms with van der Waals surface area (Å²) in [5.74, 6) is 2.70. The Hall–Kier alpha value is -1.52. The van der Waals surface area contributed by atoms with E-state index < -0.39 is 0 Å². The SMILES string of the molecule is C#CCc1ccccc1-c1ccccc1Br. The van der Waals surface area contributed by atoms with E-state index in [4.69, 9.17) is 6.42 Å². The van der Waals surface area contributed by atoms with Gasteiger partial charge < -0.3 is 0 Å². The van der Waals surface area contributed by atoms with Crippen LogP contribution in [-0.4, -0.2) is 0 Å². The Morgan fingerprint density at radius 1 is 0.938 bits per heavy atom. The van der Waals surface area contributed by atoms with Gasteiger partial charge in [0.05, 0.1) is 0 Å². The zero-order chi connectivity index (χ0) is 11.4. The molecule has 0 aromatic heterocycles. The fourth-order valence-corrected chi connectivity index (χ4v) is 2.23.